The van der Waals surface area contributed by atoms with E-state index in [-0.39, 0.29) is 17.3 Å². The summed E-state index contributed by atoms with van der Waals surface area (Å²) in [5.41, 5.74) is 2.80. The molecule has 0 fully saturated rings. The number of furan rings is 1. The van der Waals surface area contributed by atoms with Gasteiger partial charge in [0.05, 0.1) is 0 Å². The van der Waals surface area contributed by atoms with Crippen molar-refractivity contribution in [3.63, 3.8) is 0 Å². The Morgan fingerprint density at radius 3 is 2.42 bits per heavy atom. The van der Waals surface area contributed by atoms with Crippen LogP contribution in [0.4, 0.5) is 0 Å². The van der Waals surface area contributed by atoms with Gasteiger partial charge in [0.25, 0.3) is 10.0 Å². The predicted octanol–water partition coefficient (Wildman–Crippen LogP) is 2.49. The molecule has 128 valence electrons. The number of amides is 1. The fourth-order valence-corrected chi connectivity index (χ4v) is 4.08. The van der Waals surface area contributed by atoms with Crippen LogP contribution in [0, 0.1) is 27.7 Å². The molecule has 0 aliphatic carbocycles. The summed E-state index contributed by atoms with van der Waals surface area (Å²) in [4.78, 5) is 12.5. The van der Waals surface area contributed by atoms with Crippen LogP contribution >= 0.6 is 0 Å². The summed E-state index contributed by atoms with van der Waals surface area (Å²) in [7, 11) is -3.98. The lowest BCUT2D eigenvalue weighted by atomic mass is 9.97. The standard InChI is InChI=1S/C17H19NO5S/c1-9-5-13-14(8-22-15(13)6-10(9)2)17(19)18-24(20,21)16-7-11(3)23-12(16)4/h5-7,14H,8H2,1-4H3,(H,18,19)/t14-/m1/s1. The molecule has 0 saturated carbocycles. The first kappa shape index (κ1) is 16.6. The summed E-state index contributed by atoms with van der Waals surface area (Å²) in [5.74, 6) is 0.104. The van der Waals surface area contributed by atoms with Gasteiger partial charge < -0.3 is 9.15 Å². The van der Waals surface area contributed by atoms with Crippen molar-refractivity contribution in [1.29, 1.82) is 0 Å². The number of benzene rings is 1. The highest BCUT2D eigenvalue weighted by Crippen LogP contribution is 2.36. The summed E-state index contributed by atoms with van der Waals surface area (Å²) in [5, 5.41) is 0. The molecule has 1 aliphatic rings. The van der Waals surface area contributed by atoms with Gasteiger partial charge in [-0.05, 0) is 44.9 Å². The van der Waals surface area contributed by atoms with Gasteiger partial charge in [-0.3, -0.25) is 4.79 Å². The first-order chi connectivity index (χ1) is 11.2. The number of hydrogen-bond acceptors (Lipinski definition) is 5. The van der Waals surface area contributed by atoms with Crippen molar-refractivity contribution in [1.82, 2.24) is 4.72 Å². The van der Waals surface area contributed by atoms with Crippen molar-refractivity contribution >= 4 is 15.9 Å². The lowest BCUT2D eigenvalue weighted by Crippen LogP contribution is -2.35. The van der Waals surface area contributed by atoms with E-state index >= 15 is 0 Å². The molecule has 0 unspecified atom stereocenters. The third-order valence-electron chi connectivity index (χ3n) is 4.24. The number of nitrogens with one attached hydrogen (secondary N) is 1. The maximum atomic E-state index is 12.5. The molecule has 1 atom stereocenters. The van der Waals surface area contributed by atoms with Crippen molar-refractivity contribution in [2.24, 2.45) is 0 Å². The van der Waals surface area contributed by atoms with Crippen LogP contribution in [-0.4, -0.2) is 20.9 Å². The van der Waals surface area contributed by atoms with Gasteiger partial charge in [-0.1, -0.05) is 6.07 Å². The van der Waals surface area contributed by atoms with Crippen molar-refractivity contribution in [2.75, 3.05) is 6.61 Å². The van der Waals surface area contributed by atoms with E-state index in [0.717, 1.165) is 11.1 Å². The molecule has 2 aromatic rings. The minimum atomic E-state index is -3.98. The van der Waals surface area contributed by atoms with Crippen molar-refractivity contribution < 1.29 is 22.4 Å². The van der Waals surface area contributed by atoms with Crippen LogP contribution in [0.1, 0.15) is 34.1 Å². The van der Waals surface area contributed by atoms with Gasteiger partial charge in [0.2, 0.25) is 5.91 Å². The Bertz CT molecular complexity index is 927. The van der Waals surface area contributed by atoms with E-state index in [1.807, 2.05) is 26.0 Å². The van der Waals surface area contributed by atoms with Crippen LogP contribution in [0.5, 0.6) is 5.75 Å². The van der Waals surface area contributed by atoms with Gasteiger partial charge in [0, 0.05) is 11.6 Å². The number of ether oxygens (including phenoxy) is 1. The van der Waals surface area contributed by atoms with Crippen molar-refractivity contribution in [3.8, 4) is 5.75 Å². The fourth-order valence-electron chi connectivity index (χ4n) is 2.82. The van der Waals surface area contributed by atoms with E-state index in [1.165, 1.54) is 6.07 Å². The Kier molecular flexibility index (Phi) is 3.91. The smallest absolute Gasteiger partial charge is 0.267 e. The first-order valence-electron chi connectivity index (χ1n) is 7.56. The van der Waals surface area contributed by atoms with Crippen LogP contribution < -0.4 is 9.46 Å². The van der Waals surface area contributed by atoms with E-state index in [4.69, 9.17) is 9.15 Å². The molecule has 0 radical (unpaired) electrons. The van der Waals surface area contributed by atoms with Gasteiger partial charge in [-0.15, -0.1) is 0 Å². The van der Waals surface area contributed by atoms with Crippen LogP contribution in [0.15, 0.2) is 27.5 Å². The molecule has 1 aliphatic heterocycles. The highest BCUT2D eigenvalue weighted by molar-refractivity contribution is 7.90. The Hall–Kier alpha value is -2.28. The molecule has 1 amide bonds. The largest absolute Gasteiger partial charge is 0.492 e. The van der Waals surface area contributed by atoms with E-state index < -0.39 is 21.8 Å². The average molecular weight is 349 g/mol. The van der Waals surface area contributed by atoms with Gasteiger partial charge >= 0.3 is 0 Å². The number of carbonyl (C=O) groups excluding carboxylic acids is 1. The second-order valence-electron chi connectivity index (χ2n) is 6.09. The molecule has 6 nitrogen and oxygen atoms in total. The maximum Gasteiger partial charge on any atom is 0.267 e. The van der Waals surface area contributed by atoms with Crippen LogP contribution in [0.2, 0.25) is 0 Å². The van der Waals surface area contributed by atoms with Gasteiger partial charge in [0.15, 0.2) is 0 Å². The van der Waals surface area contributed by atoms with Crippen LogP contribution in [-0.2, 0) is 14.8 Å². The molecular formula is C17H19NO5S. The van der Waals surface area contributed by atoms with E-state index in [9.17, 15) is 13.2 Å². The Morgan fingerprint density at radius 1 is 1.12 bits per heavy atom. The summed E-state index contributed by atoms with van der Waals surface area (Å²) in [6, 6.07) is 5.15. The first-order valence-corrected chi connectivity index (χ1v) is 9.05. The zero-order valence-electron chi connectivity index (χ0n) is 14.0. The van der Waals surface area contributed by atoms with E-state index in [0.29, 0.717) is 17.1 Å². The van der Waals surface area contributed by atoms with Gasteiger partial charge in [0.1, 0.15) is 34.7 Å². The summed E-state index contributed by atoms with van der Waals surface area (Å²) in [6.07, 6.45) is 0. The number of fused-ring (bicyclic) bond motifs is 1. The number of aryl methyl sites for hydroxylation is 4. The normalized spacial score (nSPS) is 16.6. The van der Waals surface area contributed by atoms with E-state index in [2.05, 4.69) is 4.72 Å². The number of carbonyl (C=O) groups is 1. The number of hydrogen-bond donors (Lipinski definition) is 1. The summed E-state index contributed by atoms with van der Waals surface area (Å²) in [6.45, 7) is 7.23. The lowest BCUT2D eigenvalue weighted by molar-refractivity contribution is -0.120. The molecule has 1 N–H and O–H groups in total. The molecule has 24 heavy (non-hydrogen) atoms. The average Bonchev–Trinajstić information content (AvgIpc) is 3.02. The third kappa shape index (κ3) is 2.80. The fraction of sp³-hybridized carbons (Fsp3) is 0.353. The molecule has 2 heterocycles. The Balaban J connectivity index is 1.87. The molecule has 3 rings (SSSR count). The highest BCUT2D eigenvalue weighted by Gasteiger charge is 2.34. The lowest BCUT2D eigenvalue weighted by Gasteiger charge is -2.11. The van der Waals surface area contributed by atoms with E-state index in [1.54, 1.807) is 13.8 Å². The molecular weight excluding hydrogens is 330 g/mol. The zero-order valence-corrected chi connectivity index (χ0v) is 14.8. The molecule has 1 aromatic carbocycles. The van der Waals surface area contributed by atoms with Gasteiger partial charge in [-0.25, -0.2) is 13.1 Å². The topological polar surface area (TPSA) is 85.6 Å². The van der Waals surface area contributed by atoms with Crippen molar-refractivity contribution in [3.05, 3.63) is 46.4 Å². The Morgan fingerprint density at radius 2 is 1.79 bits per heavy atom. The monoisotopic (exact) mass is 349 g/mol. The molecule has 1 aromatic heterocycles. The predicted molar refractivity (Wildman–Crippen MR) is 87.7 cm³/mol. The molecule has 0 saturated heterocycles. The molecule has 0 bridgehead atoms. The highest BCUT2D eigenvalue weighted by atomic mass is 32.2. The number of sulfonamides is 1. The van der Waals surface area contributed by atoms with Gasteiger partial charge in [-0.2, -0.15) is 0 Å². The summed E-state index contributed by atoms with van der Waals surface area (Å²) < 4.78 is 37.8. The second kappa shape index (κ2) is 5.66. The van der Waals surface area contributed by atoms with Crippen molar-refractivity contribution in [2.45, 2.75) is 38.5 Å². The number of rotatable bonds is 3. The van der Waals surface area contributed by atoms with Crippen LogP contribution in [0.25, 0.3) is 0 Å². The minimum Gasteiger partial charge on any atom is -0.492 e. The summed E-state index contributed by atoms with van der Waals surface area (Å²) >= 11 is 0. The molecule has 7 heteroatoms. The van der Waals surface area contributed by atoms with Crippen LogP contribution in [0.3, 0.4) is 0 Å². The quantitative estimate of drug-likeness (QED) is 0.920. The SMILES string of the molecule is Cc1cc(S(=O)(=O)NC(=O)[C@@H]2COc3cc(C)c(C)cc32)c(C)o1. The minimum absolute atomic E-state index is 0.0208. The zero-order chi connectivity index (χ0) is 17.6. The maximum absolute atomic E-state index is 12.5. The molecule has 0 spiro atoms. The second-order valence-corrected chi connectivity index (χ2v) is 7.74. The Labute approximate surface area is 140 Å². The third-order valence-corrected chi connectivity index (χ3v) is 5.70.